The van der Waals surface area contributed by atoms with E-state index in [0.717, 1.165) is 31.0 Å². The van der Waals surface area contributed by atoms with Crippen molar-refractivity contribution in [3.05, 3.63) is 34.9 Å². The minimum Gasteiger partial charge on any atom is -0.352 e. The lowest BCUT2D eigenvalue weighted by Crippen LogP contribution is -2.33. The molecular formula is C17H24N2O. The van der Waals surface area contributed by atoms with Gasteiger partial charge in [0.2, 0.25) is 0 Å². The van der Waals surface area contributed by atoms with Crippen molar-refractivity contribution in [2.75, 3.05) is 13.1 Å². The molecular weight excluding hydrogens is 248 g/mol. The smallest absolute Gasteiger partial charge is 0.251 e. The molecule has 0 bridgehead atoms. The SMILES string of the molecule is CCNC(c1ccc2c(c1)C(=O)NCC2)C1CCCC1. The van der Waals surface area contributed by atoms with Crippen molar-refractivity contribution >= 4 is 5.91 Å². The zero-order chi connectivity index (χ0) is 13.9. The number of hydrogen-bond acceptors (Lipinski definition) is 2. The summed E-state index contributed by atoms with van der Waals surface area (Å²) in [6, 6.07) is 6.91. The molecule has 2 aliphatic rings. The van der Waals surface area contributed by atoms with Crippen molar-refractivity contribution in [3.63, 3.8) is 0 Å². The molecule has 1 unspecified atom stereocenters. The molecule has 1 aromatic rings. The standard InChI is InChI=1S/C17H24N2O/c1-2-18-16(13-5-3-4-6-13)14-8-7-12-9-10-19-17(20)15(12)11-14/h7-8,11,13,16,18H,2-6,9-10H2,1H3,(H,19,20). The van der Waals surface area contributed by atoms with Crippen molar-refractivity contribution in [2.45, 2.75) is 45.1 Å². The number of hydrogen-bond donors (Lipinski definition) is 2. The molecule has 3 rings (SSSR count). The molecule has 1 aliphatic heterocycles. The second-order valence-corrected chi connectivity index (χ2v) is 6.00. The molecule has 0 radical (unpaired) electrons. The van der Waals surface area contributed by atoms with E-state index in [0.29, 0.717) is 6.04 Å². The van der Waals surface area contributed by atoms with Gasteiger partial charge in [-0.1, -0.05) is 31.9 Å². The van der Waals surface area contributed by atoms with Gasteiger partial charge in [-0.3, -0.25) is 4.79 Å². The van der Waals surface area contributed by atoms with Crippen LogP contribution in [-0.4, -0.2) is 19.0 Å². The lowest BCUT2D eigenvalue weighted by molar-refractivity contribution is 0.0946. The van der Waals surface area contributed by atoms with E-state index in [1.54, 1.807) is 0 Å². The van der Waals surface area contributed by atoms with Crippen LogP contribution in [0.2, 0.25) is 0 Å². The summed E-state index contributed by atoms with van der Waals surface area (Å²) < 4.78 is 0. The Morgan fingerprint density at radius 3 is 2.90 bits per heavy atom. The number of nitrogens with one attached hydrogen (secondary N) is 2. The summed E-state index contributed by atoms with van der Waals surface area (Å²) >= 11 is 0. The first-order valence-corrected chi connectivity index (χ1v) is 7.94. The van der Waals surface area contributed by atoms with E-state index in [9.17, 15) is 4.79 Å². The van der Waals surface area contributed by atoms with Crippen molar-refractivity contribution in [3.8, 4) is 0 Å². The van der Waals surface area contributed by atoms with Crippen molar-refractivity contribution in [2.24, 2.45) is 5.92 Å². The van der Waals surface area contributed by atoms with Gasteiger partial charge in [0.1, 0.15) is 0 Å². The van der Waals surface area contributed by atoms with Gasteiger partial charge in [-0.2, -0.15) is 0 Å². The molecule has 108 valence electrons. The highest BCUT2D eigenvalue weighted by molar-refractivity contribution is 5.96. The predicted octanol–water partition coefficient (Wildman–Crippen LogP) is 2.81. The van der Waals surface area contributed by atoms with Gasteiger partial charge in [-0.15, -0.1) is 0 Å². The average molecular weight is 272 g/mol. The maximum Gasteiger partial charge on any atom is 0.251 e. The Morgan fingerprint density at radius 2 is 2.15 bits per heavy atom. The molecule has 0 aromatic heterocycles. The lowest BCUT2D eigenvalue weighted by atomic mass is 9.88. The molecule has 0 saturated heterocycles. The van der Waals surface area contributed by atoms with E-state index in [1.807, 2.05) is 0 Å². The van der Waals surface area contributed by atoms with Crippen LogP contribution in [0, 0.1) is 5.92 Å². The van der Waals surface area contributed by atoms with Gasteiger partial charge < -0.3 is 10.6 Å². The van der Waals surface area contributed by atoms with Crippen LogP contribution in [0.25, 0.3) is 0 Å². The minimum absolute atomic E-state index is 0.0924. The van der Waals surface area contributed by atoms with Crippen LogP contribution >= 0.6 is 0 Å². The highest BCUT2D eigenvalue weighted by Gasteiger charge is 2.27. The third kappa shape index (κ3) is 2.59. The predicted molar refractivity (Wildman–Crippen MR) is 80.9 cm³/mol. The molecule has 2 N–H and O–H groups in total. The zero-order valence-electron chi connectivity index (χ0n) is 12.2. The summed E-state index contributed by atoms with van der Waals surface area (Å²) in [7, 11) is 0. The Labute approximate surface area is 121 Å². The number of carbonyl (C=O) groups excluding carboxylic acids is 1. The average Bonchev–Trinajstić information content (AvgIpc) is 2.99. The molecule has 1 atom stereocenters. The number of fused-ring (bicyclic) bond motifs is 1. The Hall–Kier alpha value is -1.35. The van der Waals surface area contributed by atoms with Crippen LogP contribution in [0.1, 0.15) is 60.1 Å². The fourth-order valence-electron chi connectivity index (χ4n) is 3.69. The maximum absolute atomic E-state index is 12.0. The fourth-order valence-corrected chi connectivity index (χ4v) is 3.69. The lowest BCUT2D eigenvalue weighted by Gasteiger charge is -2.26. The Morgan fingerprint density at radius 1 is 1.35 bits per heavy atom. The van der Waals surface area contributed by atoms with E-state index in [1.165, 1.54) is 36.8 Å². The molecule has 1 aliphatic carbocycles. The largest absolute Gasteiger partial charge is 0.352 e. The molecule has 3 nitrogen and oxygen atoms in total. The normalized spacial score (nSPS) is 20.6. The van der Waals surface area contributed by atoms with Crippen LogP contribution in [-0.2, 0) is 6.42 Å². The van der Waals surface area contributed by atoms with Crippen molar-refractivity contribution in [1.82, 2.24) is 10.6 Å². The van der Waals surface area contributed by atoms with Crippen LogP contribution in [0.5, 0.6) is 0 Å². The quantitative estimate of drug-likeness (QED) is 0.885. The highest BCUT2D eigenvalue weighted by atomic mass is 16.1. The first-order chi connectivity index (χ1) is 9.79. The van der Waals surface area contributed by atoms with Crippen LogP contribution in [0.15, 0.2) is 18.2 Å². The van der Waals surface area contributed by atoms with E-state index >= 15 is 0 Å². The molecule has 20 heavy (non-hydrogen) atoms. The summed E-state index contributed by atoms with van der Waals surface area (Å²) in [5.74, 6) is 0.814. The second kappa shape index (κ2) is 5.96. The van der Waals surface area contributed by atoms with Crippen molar-refractivity contribution < 1.29 is 4.79 Å². The van der Waals surface area contributed by atoms with Gasteiger partial charge in [0.05, 0.1) is 0 Å². The summed E-state index contributed by atoms with van der Waals surface area (Å²) in [6.45, 7) is 3.90. The van der Waals surface area contributed by atoms with E-state index in [-0.39, 0.29) is 5.91 Å². The number of amides is 1. The van der Waals surface area contributed by atoms with E-state index < -0.39 is 0 Å². The Bertz CT molecular complexity index is 492. The highest BCUT2D eigenvalue weighted by Crippen LogP contribution is 2.36. The Kier molecular flexibility index (Phi) is 4.06. The summed E-state index contributed by atoms with van der Waals surface area (Å²) in [6.07, 6.45) is 6.26. The summed E-state index contributed by atoms with van der Waals surface area (Å²) in [5.41, 5.74) is 3.36. The molecule has 1 fully saturated rings. The molecule has 1 aromatic carbocycles. The third-order valence-electron chi connectivity index (χ3n) is 4.71. The van der Waals surface area contributed by atoms with E-state index in [2.05, 4.69) is 35.8 Å². The monoisotopic (exact) mass is 272 g/mol. The van der Waals surface area contributed by atoms with Gasteiger partial charge in [0.25, 0.3) is 5.91 Å². The van der Waals surface area contributed by atoms with Crippen molar-refractivity contribution in [1.29, 1.82) is 0 Å². The second-order valence-electron chi connectivity index (χ2n) is 6.00. The van der Waals surface area contributed by atoms with Crippen LogP contribution < -0.4 is 10.6 Å². The van der Waals surface area contributed by atoms with Crippen LogP contribution in [0.4, 0.5) is 0 Å². The summed E-state index contributed by atoms with van der Waals surface area (Å²) in [5, 5.41) is 6.58. The first kappa shape index (κ1) is 13.6. The number of benzene rings is 1. The zero-order valence-corrected chi connectivity index (χ0v) is 12.2. The molecule has 3 heteroatoms. The summed E-state index contributed by atoms with van der Waals surface area (Å²) in [4.78, 5) is 12.0. The van der Waals surface area contributed by atoms with Gasteiger partial charge in [0, 0.05) is 18.2 Å². The first-order valence-electron chi connectivity index (χ1n) is 7.94. The van der Waals surface area contributed by atoms with E-state index in [4.69, 9.17) is 0 Å². The van der Waals surface area contributed by atoms with Gasteiger partial charge in [0.15, 0.2) is 0 Å². The number of carbonyl (C=O) groups is 1. The Balaban J connectivity index is 1.90. The minimum atomic E-state index is 0.0924. The topological polar surface area (TPSA) is 41.1 Å². The third-order valence-corrected chi connectivity index (χ3v) is 4.71. The molecule has 0 spiro atoms. The molecule has 1 amide bonds. The van der Waals surface area contributed by atoms with Gasteiger partial charge in [-0.25, -0.2) is 0 Å². The molecule has 1 heterocycles. The van der Waals surface area contributed by atoms with Gasteiger partial charge in [-0.05, 0) is 48.9 Å². The number of rotatable bonds is 4. The van der Waals surface area contributed by atoms with Crippen LogP contribution in [0.3, 0.4) is 0 Å². The fraction of sp³-hybridized carbons (Fsp3) is 0.588. The molecule has 1 saturated carbocycles. The van der Waals surface area contributed by atoms with Gasteiger partial charge >= 0.3 is 0 Å². The maximum atomic E-state index is 12.0.